The van der Waals surface area contributed by atoms with E-state index in [1.807, 2.05) is 13.8 Å². The van der Waals surface area contributed by atoms with E-state index in [2.05, 4.69) is 5.32 Å². The molecule has 0 saturated heterocycles. The van der Waals surface area contributed by atoms with Crippen LogP contribution in [0.3, 0.4) is 0 Å². The van der Waals surface area contributed by atoms with E-state index in [9.17, 15) is 10.1 Å². The topological polar surface area (TPSA) is 101 Å². The fourth-order valence-electron chi connectivity index (χ4n) is 1.79. The van der Waals surface area contributed by atoms with Crippen molar-refractivity contribution in [3.63, 3.8) is 0 Å². The van der Waals surface area contributed by atoms with Crippen LogP contribution in [0.15, 0.2) is 18.2 Å². The summed E-state index contributed by atoms with van der Waals surface area (Å²) in [5.74, 6) is 0.248. The molecule has 0 aliphatic carbocycles. The zero-order valence-electron chi connectivity index (χ0n) is 10.6. The molecule has 0 saturated carbocycles. The number of nitrogens with two attached hydrogens (primary N) is 1. The molecule has 0 spiro atoms. The quantitative estimate of drug-likeness (QED) is 0.409. The molecular weight excluding hydrogens is 234 g/mol. The number of nitro groups is 1. The molecule has 1 aromatic rings. The van der Waals surface area contributed by atoms with Gasteiger partial charge in [0.1, 0.15) is 11.4 Å². The lowest BCUT2D eigenvalue weighted by Gasteiger charge is -2.22. The number of hydrogen-bond donors (Lipinski definition) is 3. The highest BCUT2D eigenvalue weighted by Crippen LogP contribution is 2.31. The van der Waals surface area contributed by atoms with Gasteiger partial charge in [-0.15, -0.1) is 0 Å². The summed E-state index contributed by atoms with van der Waals surface area (Å²) >= 11 is 0. The monoisotopic (exact) mass is 253 g/mol. The average molecular weight is 253 g/mol. The summed E-state index contributed by atoms with van der Waals surface area (Å²) in [4.78, 5) is 10.5. The number of aliphatic hydroxyl groups is 1. The highest BCUT2D eigenvalue weighted by atomic mass is 16.6. The number of para-hydroxylation sites is 1. The number of nitrogens with zero attached hydrogens (tertiary/aromatic N) is 1. The van der Waals surface area contributed by atoms with Crippen molar-refractivity contribution >= 4 is 17.1 Å². The third-order valence-corrected chi connectivity index (χ3v) is 2.84. The molecule has 0 fully saturated rings. The van der Waals surface area contributed by atoms with E-state index >= 15 is 0 Å². The summed E-state index contributed by atoms with van der Waals surface area (Å²) in [5.41, 5.74) is 6.04. The Bertz CT molecular complexity index is 421. The van der Waals surface area contributed by atoms with Crippen molar-refractivity contribution in [2.45, 2.75) is 26.3 Å². The summed E-state index contributed by atoms with van der Waals surface area (Å²) in [6, 6.07) is 4.76. The molecule has 4 N–H and O–H groups in total. The van der Waals surface area contributed by atoms with Crippen molar-refractivity contribution in [1.29, 1.82) is 0 Å². The summed E-state index contributed by atoms with van der Waals surface area (Å²) in [6.45, 7) is 4.02. The summed E-state index contributed by atoms with van der Waals surface area (Å²) < 4.78 is 0. The van der Waals surface area contributed by atoms with Crippen molar-refractivity contribution in [3.05, 3.63) is 28.3 Å². The molecule has 0 radical (unpaired) electrons. The van der Waals surface area contributed by atoms with Crippen LogP contribution in [0.25, 0.3) is 0 Å². The molecule has 1 rings (SSSR count). The lowest BCUT2D eigenvalue weighted by Crippen LogP contribution is -2.27. The summed E-state index contributed by atoms with van der Waals surface area (Å²) in [6.07, 6.45) is 0.531. The highest BCUT2D eigenvalue weighted by molar-refractivity contribution is 5.74. The molecule has 1 aromatic carbocycles. The fraction of sp³-hybridized carbons (Fsp3) is 0.500. The van der Waals surface area contributed by atoms with E-state index in [1.54, 1.807) is 12.1 Å². The van der Waals surface area contributed by atoms with Crippen LogP contribution in [-0.2, 0) is 0 Å². The first-order valence-electron chi connectivity index (χ1n) is 5.87. The number of nitro benzene ring substituents is 1. The fourth-order valence-corrected chi connectivity index (χ4v) is 1.79. The summed E-state index contributed by atoms with van der Waals surface area (Å²) in [5, 5.41) is 23.1. The number of nitrogens with one attached hydrogen (secondary N) is 1. The molecule has 0 aliphatic rings. The van der Waals surface area contributed by atoms with Crippen LogP contribution >= 0.6 is 0 Å². The maximum Gasteiger partial charge on any atom is 0.314 e. The number of nitrogen functional groups attached to an aromatic ring is 1. The van der Waals surface area contributed by atoms with Gasteiger partial charge in [-0.1, -0.05) is 19.9 Å². The molecule has 1 atom stereocenters. The number of anilines is 2. The molecule has 100 valence electrons. The largest absolute Gasteiger partial charge is 0.396 e. The van der Waals surface area contributed by atoms with Gasteiger partial charge in [0.15, 0.2) is 0 Å². The normalized spacial score (nSPS) is 12.4. The minimum Gasteiger partial charge on any atom is -0.396 e. The first kappa shape index (κ1) is 14.2. The highest BCUT2D eigenvalue weighted by Gasteiger charge is 2.21. The number of benzene rings is 1. The molecule has 0 heterocycles. The molecule has 0 amide bonds. The van der Waals surface area contributed by atoms with Gasteiger partial charge in [0.05, 0.1) is 4.92 Å². The Balaban J connectivity index is 3.02. The van der Waals surface area contributed by atoms with Gasteiger partial charge >= 0.3 is 5.69 Å². The smallest absolute Gasteiger partial charge is 0.314 e. The van der Waals surface area contributed by atoms with E-state index < -0.39 is 4.92 Å². The van der Waals surface area contributed by atoms with Crippen LogP contribution < -0.4 is 11.1 Å². The molecule has 1 unspecified atom stereocenters. The Hall–Kier alpha value is -1.82. The molecule has 0 aromatic heterocycles. The molecule has 6 heteroatoms. The standard InChI is InChI=1S/C12H19N3O3/c1-8(2)10(6-7-16)14-11-5-3-4-9(13)12(11)15(17)18/h3-5,8,10,14,16H,6-7,13H2,1-2H3. The Morgan fingerprint density at radius 2 is 2.17 bits per heavy atom. The van der Waals surface area contributed by atoms with E-state index in [1.165, 1.54) is 6.07 Å². The van der Waals surface area contributed by atoms with Crippen LogP contribution in [0.5, 0.6) is 0 Å². The van der Waals surface area contributed by atoms with Crippen molar-refractivity contribution in [1.82, 2.24) is 0 Å². The van der Waals surface area contributed by atoms with Crippen molar-refractivity contribution in [3.8, 4) is 0 Å². The third-order valence-electron chi connectivity index (χ3n) is 2.84. The van der Waals surface area contributed by atoms with Gasteiger partial charge in [-0.25, -0.2) is 0 Å². The van der Waals surface area contributed by atoms with Crippen LogP contribution in [0.2, 0.25) is 0 Å². The second kappa shape index (κ2) is 6.20. The zero-order valence-corrected chi connectivity index (χ0v) is 10.6. The van der Waals surface area contributed by atoms with E-state index in [0.29, 0.717) is 12.1 Å². The maximum atomic E-state index is 11.0. The van der Waals surface area contributed by atoms with Crippen LogP contribution in [0.1, 0.15) is 20.3 Å². The molecule has 6 nitrogen and oxygen atoms in total. The first-order chi connectivity index (χ1) is 8.47. The van der Waals surface area contributed by atoms with Crippen molar-refractivity contribution < 1.29 is 10.0 Å². The van der Waals surface area contributed by atoms with Gasteiger partial charge in [0.2, 0.25) is 0 Å². The van der Waals surface area contributed by atoms with Crippen LogP contribution in [0, 0.1) is 16.0 Å². The van der Waals surface area contributed by atoms with Gasteiger partial charge in [0, 0.05) is 12.6 Å². The molecule has 0 bridgehead atoms. The van der Waals surface area contributed by atoms with Gasteiger partial charge in [0.25, 0.3) is 0 Å². The Kier molecular flexibility index (Phi) is 4.91. The lowest BCUT2D eigenvalue weighted by atomic mass is 10.0. The SMILES string of the molecule is CC(C)C(CCO)Nc1cccc(N)c1[N+](=O)[O-]. The first-order valence-corrected chi connectivity index (χ1v) is 5.87. The Labute approximate surface area is 106 Å². The predicted octanol–water partition coefficient (Wildman–Crippen LogP) is 2.00. The predicted molar refractivity (Wildman–Crippen MR) is 71.5 cm³/mol. The van der Waals surface area contributed by atoms with Crippen molar-refractivity contribution in [2.75, 3.05) is 17.7 Å². The Morgan fingerprint density at radius 3 is 2.67 bits per heavy atom. The Morgan fingerprint density at radius 1 is 1.50 bits per heavy atom. The van der Waals surface area contributed by atoms with E-state index in [-0.39, 0.29) is 29.9 Å². The van der Waals surface area contributed by atoms with Gasteiger partial charge in [-0.3, -0.25) is 10.1 Å². The minimum absolute atomic E-state index is 0.0319. The van der Waals surface area contributed by atoms with Crippen LogP contribution in [-0.4, -0.2) is 22.7 Å². The summed E-state index contributed by atoms with van der Waals surface area (Å²) in [7, 11) is 0. The van der Waals surface area contributed by atoms with E-state index in [0.717, 1.165) is 0 Å². The van der Waals surface area contributed by atoms with E-state index in [4.69, 9.17) is 10.8 Å². The molecule has 18 heavy (non-hydrogen) atoms. The molecular formula is C12H19N3O3. The van der Waals surface area contributed by atoms with Crippen LogP contribution in [0.4, 0.5) is 17.1 Å². The van der Waals surface area contributed by atoms with Gasteiger partial charge in [-0.2, -0.15) is 0 Å². The minimum atomic E-state index is -0.492. The second-order valence-electron chi connectivity index (χ2n) is 4.51. The second-order valence-corrected chi connectivity index (χ2v) is 4.51. The van der Waals surface area contributed by atoms with Gasteiger partial charge in [-0.05, 0) is 24.5 Å². The number of hydrogen-bond acceptors (Lipinski definition) is 5. The third kappa shape index (κ3) is 3.33. The number of aliphatic hydroxyl groups excluding tert-OH is 1. The maximum absolute atomic E-state index is 11.0. The molecule has 0 aliphatic heterocycles. The number of rotatable bonds is 6. The zero-order chi connectivity index (χ0) is 13.7. The van der Waals surface area contributed by atoms with Crippen molar-refractivity contribution in [2.24, 2.45) is 5.92 Å². The average Bonchev–Trinajstić information content (AvgIpc) is 2.27. The van der Waals surface area contributed by atoms with Gasteiger partial charge < -0.3 is 16.2 Å². The lowest BCUT2D eigenvalue weighted by molar-refractivity contribution is -0.383.